The third-order valence-electron chi connectivity index (χ3n) is 2.29. The molecule has 0 saturated heterocycles. The molecule has 0 aliphatic carbocycles. The molecule has 0 atom stereocenters. The predicted octanol–water partition coefficient (Wildman–Crippen LogP) is -0.165. The topological polar surface area (TPSA) is 82.4 Å². The molecular weight excluding hydrogens is 487 g/mol. The van der Waals surface area contributed by atoms with Crippen LogP contribution in [0.25, 0.3) is 0 Å². The van der Waals surface area contributed by atoms with E-state index >= 15 is 0 Å². The molecule has 1 radical (unpaired) electrons. The Labute approximate surface area is 156 Å². The van der Waals surface area contributed by atoms with Crippen molar-refractivity contribution in [2.75, 3.05) is 0 Å². The van der Waals surface area contributed by atoms with Crippen LogP contribution in [-0.2, 0) is 20.0 Å². The predicted molar refractivity (Wildman–Crippen MR) is 51.9 cm³/mol. The molecule has 28 heavy (non-hydrogen) atoms. The van der Waals surface area contributed by atoms with Gasteiger partial charge in [-0.05, 0) is 0 Å². The molecule has 5 nitrogen and oxygen atoms in total. The number of hydrogen-bond acceptors (Lipinski definition) is 4. The minimum absolute atomic E-state index is 0. The van der Waals surface area contributed by atoms with Crippen LogP contribution in [0, 0.1) is 0 Å². The summed E-state index contributed by atoms with van der Waals surface area (Å²) in [4.78, 5) is 0. The van der Waals surface area contributed by atoms with Crippen molar-refractivity contribution in [1.29, 1.82) is 0 Å². The van der Waals surface area contributed by atoms with E-state index < -0.39 is 54.8 Å². The standard InChI is InChI=1S/C6F14NO4S2.Li/c7-1(8,3(11,12)13)5(17,18)26(22,23)21-27(24,25)6(19,20)2(9,10)4(14,15)16;/q;+1. The van der Waals surface area contributed by atoms with E-state index in [-0.39, 0.29) is 23.0 Å². The molecule has 0 aromatic carbocycles. The molecule has 0 aliphatic heterocycles. The van der Waals surface area contributed by atoms with Crippen LogP contribution in [-0.4, -0.2) is 51.5 Å². The summed E-state index contributed by atoms with van der Waals surface area (Å²) in [6.07, 6.45) is -14.9. The van der Waals surface area contributed by atoms with E-state index in [1.54, 1.807) is 0 Å². The smallest absolute Gasteiger partial charge is 0.203 e. The molecular formula is C6F14LiNO4S2+. The summed E-state index contributed by atoms with van der Waals surface area (Å²) in [5, 5.41) is -15.4. The monoisotopic (exact) mass is 487 g/mol. The van der Waals surface area contributed by atoms with Crippen LogP contribution >= 0.6 is 0 Å². The number of hydrogen-bond donors (Lipinski definition) is 0. The third kappa shape index (κ3) is 4.32. The maximum Gasteiger partial charge on any atom is 1.00 e. The first kappa shape index (κ1) is 29.7. The van der Waals surface area contributed by atoms with Crippen molar-refractivity contribution < 1.29 is 97.2 Å². The van der Waals surface area contributed by atoms with Crippen molar-refractivity contribution in [3.05, 3.63) is 0 Å². The van der Waals surface area contributed by atoms with Crippen LogP contribution in [0.2, 0.25) is 0 Å². The summed E-state index contributed by atoms with van der Waals surface area (Å²) >= 11 is 0. The molecule has 0 aromatic rings. The third-order valence-corrected chi connectivity index (χ3v) is 5.67. The van der Waals surface area contributed by atoms with Crippen molar-refractivity contribution in [3.63, 3.8) is 0 Å². The Morgan fingerprint density at radius 2 is 0.643 bits per heavy atom. The fourth-order valence-electron chi connectivity index (χ4n) is 0.877. The zero-order valence-electron chi connectivity index (χ0n) is 12.2. The van der Waals surface area contributed by atoms with Gasteiger partial charge in [-0.1, -0.05) is 0 Å². The number of alkyl halides is 14. The van der Waals surface area contributed by atoms with Crippen LogP contribution in [0.3, 0.4) is 0 Å². The molecule has 0 fully saturated rings. The first-order chi connectivity index (χ1) is 11.2. The van der Waals surface area contributed by atoms with Crippen molar-refractivity contribution in [3.8, 4) is 0 Å². The summed E-state index contributed by atoms with van der Waals surface area (Å²) in [7, 11) is -16.6. The van der Waals surface area contributed by atoms with E-state index in [0.29, 0.717) is 0 Å². The van der Waals surface area contributed by atoms with Crippen LogP contribution in [0.5, 0.6) is 0 Å². The number of sulfonamides is 2. The van der Waals surface area contributed by atoms with Gasteiger partial charge in [-0.2, -0.15) is 61.5 Å². The summed E-state index contributed by atoms with van der Waals surface area (Å²) in [6, 6.07) is 0. The van der Waals surface area contributed by atoms with E-state index in [1.807, 2.05) is 0 Å². The maximum absolute atomic E-state index is 12.9. The van der Waals surface area contributed by atoms with Crippen LogP contribution in [0.15, 0.2) is 0 Å². The van der Waals surface area contributed by atoms with Gasteiger partial charge in [0, 0.05) is 4.13 Å². The molecule has 0 N–H and O–H groups in total. The van der Waals surface area contributed by atoms with Gasteiger partial charge in [-0.3, -0.25) is 0 Å². The second-order valence-corrected chi connectivity index (χ2v) is 7.72. The number of halogens is 14. The van der Waals surface area contributed by atoms with Gasteiger partial charge in [0.1, 0.15) is 0 Å². The van der Waals surface area contributed by atoms with Gasteiger partial charge in [0.15, 0.2) is 0 Å². The van der Waals surface area contributed by atoms with Crippen molar-refractivity contribution in [2.45, 2.75) is 34.7 Å². The van der Waals surface area contributed by atoms with E-state index in [9.17, 15) is 78.3 Å². The van der Waals surface area contributed by atoms with Crippen LogP contribution in [0.4, 0.5) is 61.5 Å². The molecule has 0 heterocycles. The zero-order chi connectivity index (χ0) is 22.7. The van der Waals surface area contributed by atoms with Crippen LogP contribution < -0.4 is 23.0 Å². The van der Waals surface area contributed by atoms with Gasteiger partial charge >= 0.3 is 73.6 Å². The molecule has 163 valence electrons. The van der Waals surface area contributed by atoms with Crippen molar-refractivity contribution >= 4 is 20.0 Å². The normalized spacial score (nSPS) is 15.9. The molecule has 22 heteroatoms. The summed E-state index contributed by atoms with van der Waals surface area (Å²) in [5.41, 5.74) is 0. The minimum Gasteiger partial charge on any atom is -0.203 e. The molecule has 0 aliphatic rings. The number of nitrogens with zero attached hydrogens (tertiary/aromatic N) is 1. The molecule has 0 unspecified atom stereocenters. The van der Waals surface area contributed by atoms with E-state index in [2.05, 4.69) is 0 Å². The van der Waals surface area contributed by atoms with Gasteiger partial charge in [0.25, 0.3) is 0 Å². The second-order valence-electron chi connectivity index (χ2n) is 4.20. The second kappa shape index (κ2) is 7.31. The van der Waals surface area contributed by atoms with E-state index in [0.717, 1.165) is 0 Å². The van der Waals surface area contributed by atoms with Gasteiger partial charge in [-0.25, -0.2) is 16.8 Å². The first-order valence-corrected chi connectivity index (χ1v) is 7.97. The molecule has 0 bridgehead atoms. The number of rotatable bonds is 6. The minimum atomic E-state index is -8.29. The molecule has 0 rings (SSSR count). The van der Waals surface area contributed by atoms with Crippen molar-refractivity contribution in [1.82, 2.24) is 4.13 Å². The maximum atomic E-state index is 12.9. The molecule has 0 spiro atoms. The fraction of sp³-hybridized carbons (Fsp3) is 1.00. The van der Waals surface area contributed by atoms with Crippen LogP contribution in [0.1, 0.15) is 0 Å². The fourth-order valence-corrected chi connectivity index (χ4v) is 3.54. The van der Waals surface area contributed by atoms with E-state index in [4.69, 9.17) is 0 Å². The van der Waals surface area contributed by atoms with Gasteiger partial charge in [0.05, 0.1) is 0 Å². The zero-order valence-corrected chi connectivity index (χ0v) is 13.8. The van der Waals surface area contributed by atoms with Gasteiger partial charge < -0.3 is 0 Å². The average Bonchev–Trinajstić information content (AvgIpc) is 2.33. The Hall–Kier alpha value is -0.523. The Morgan fingerprint density at radius 3 is 0.786 bits per heavy atom. The SMILES string of the molecule is O=S(=O)([N]S(=O)(=O)C(F)(F)C(F)(F)C(F)(F)F)C(F)(F)C(F)(F)C(F)(F)F.[Li+]. The van der Waals surface area contributed by atoms with E-state index in [1.165, 1.54) is 0 Å². The molecule has 0 amide bonds. The molecule has 0 aromatic heterocycles. The summed E-state index contributed by atoms with van der Waals surface area (Å²) < 4.78 is 215. The quantitative estimate of drug-likeness (QED) is 0.385. The summed E-state index contributed by atoms with van der Waals surface area (Å²) in [5.74, 6) is -15.4. The average molecular weight is 487 g/mol. The Bertz CT molecular complexity index is 716. The Morgan fingerprint density at radius 1 is 0.464 bits per heavy atom. The first-order valence-electron chi connectivity index (χ1n) is 5.09. The summed E-state index contributed by atoms with van der Waals surface area (Å²) in [6.45, 7) is 0. The van der Waals surface area contributed by atoms with Crippen molar-refractivity contribution in [2.24, 2.45) is 0 Å². The molecule has 0 saturated carbocycles. The Balaban J connectivity index is 0. The van der Waals surface area contributed by atoms with Gasteiger partial charge in [-0.15, -0.1) is 0 Å². The Kier molecular flexibility index (Phi) is 7.75. The largest absolute Gasteiger partial charge is 1.00 e. The van der Waals surface area contributed by atoms with Gasteiger partial charge in [0.2, 0.25) is 0 Å².